The van der Waals surface area contributed by atoms with E-state index in [0.717, 1.165) is 44.6 Å². The van der Waals surface area contributed by atoms with Crippen molar-refractivity contribution in [2.24, 2.45) is 11.1 Å². The average molecular weight is 499 g/mol. The topological polar surface area (TPSA) is 84.6 Å². The van der Waals surface area contributed by atoms with Crippen LogP contribution in [0.25, 0.3) is 0 Å². The molecule has 0 aliphatic rings. The van der Waals surface area contributed by atoms with E-state index in [1.165, 1.54) is 0 Å². The number of nitrogens with two attached hydrogens (primary N) is 1. The molecule has 0 spiro atoms. The number of rotatable bonds is 19. The summed E-state index contributed by atoms with van der Waals surface area (Å²) in [5, 5.41) is 0. The highest BCUT2D eigenvalue weighted by Crippen LogP contribution is 2.27. The third-order valence-corrected chi connectivity index (χ3v) is 11.4. The molecule has 0 aliphatic heterocycles. The fourth-order valence-electron chi connectivity index (χ4n) is 3.21. The normalized spacial score (nSPS) is 12.8. The third kappa shape index (κ3) is 14.4. The van der Waals surface area contributed by atoms with Crippen LogP contribution in [0.5, 0.6) is 0 Å². The predicted octanol–water partition coefficient (Wildman–Crippen LogP) is 4.01. The Labute approximate surface area is 201 Å². The van der Waals surface area contributed by atoms with Crippen LogP contribution in [0.4, 0.5) is 0 Å². The molecular weight excluding hydrogens is 444 g/mol. The van der Waals surface area contributed by atoms with Gasteiger partial charge in [-0.3, -0.25) is 0 Å². The Bertz CT molecular complexity index is 400. The van der Waals surface area contributed by atoms with Gasteiger partial charge in [0.25, 0.3) is 0 Å². The Kier molecular flexibility index (Phi) is 20.8. The summed E-state index contributed by atoms with van der Waals surface area (Å²) in [6.07, 6.45) is 2.03. The van der Waals surface area contributed by atoms with Crippen molar-refractivity contribution in [1.82, 2.24) is 4.90 Å². The summed E-state index contributed by atoms with van der Waals surface area (Å²) in [5.41, 5.74) is 5.87. The van der Waals surface area contributed by atoms with E-state index in [1.54, 1.807) is 21.3 Å². The highest BCUT2D eigenvalue weighted by atomic mass is 28.4. The van der Waals surface area contributed by atoms with E-state index in [-0.39, 0.29) is 5.41 Å². The molecule has 0 aromatic carbocycles. The van der Waals surface area contributed by atoms with Gasteiger partial charge in [-0.05, 0) is 65.2 Å². The van der Waals surface area contributed by atoms with Gasteiger partial charge in [0, 0.05) is 53.2 Å². The predicted molar refractivity (Wildman–Crippen MR) is 137 cm³/mol. The second-order valence-electron chi connectivity index (χ2n) is 8.28. The maximum absolute atomic E-state index is 5.80. The molecule has 0 atom stereocenters. The Morgan fingerprint density at radius 3 is 1.47 bits per heavy atom. The first-order valence-corrected chi connectivity index (χ1v) is 16.0. The van der Waals surface area contributed by atoms with Crippen LogP contribution in [-0.4, -0.2) is 89.8 Å². The summed E-state index contributed by atoms with van der Waals surface area (Å²) in [7, 11) is 0.176. The minimum atomic E-state index is -2.48. The van der Waals surface area contributed by atoms with Crippen molar-refractivity contribution in [2.45, 2.75) is 73.4 Å². The summed E-state index contributed by atoms with van der Waals surface area (Å²) in [5.74, 6) is 0. The molecule has 0 fully saturated rings. The Morgan fingerprint density at radius 1 is 0.719 bits per heavy atom. The Hall–Kier alpha value is 0.114. The summed E-state index contributed by atoms with van der Waals surface area (Å²) in [6, 6.07) is 1.72. The fraction of sp³-hybridized carbons (Fsp3) is 1.00. The van der Waals surface area contributed by atoms with E-state index in [0.29, 0.717) is 26.4 Å². The van der Waals surface area contributed by atoms with Gasteiger partial charge < -0.3 is 37.2 Å². The molecule has 0 heterocycles. The van der Waals surface area contributed by atoms with Gasteiger partial charge in [0.1, 0.15) is 0 Å². The van der Waals surface area contributed by atoms with Gasteiger partial charge in [-0.1, -0.05) is 27.7 Å². The van der Waals surface area contributed by atoms with E-state index in [1.807, 2.05) is 20.8 Å². The molecule has 0 aromatic heterocycles. The van der Waals surface area contributed by atoms with Gasteiger partial charge in [0.2, 0.25) is 0 Å². The molecule has 0 amide bonds. The molecule has 0 saturated carbocycles. The van der Waals surface area contributed by atoms with Crippen LogP contribution < -0.4 is 5.73 Å². The van der Waals surface area contributed by atoms with E-state index in [2.05, 4.69) is 32.6 Å². The molecule has 32 heavy (non-hydrogen) atoms. The smallest absolute Gasteiger partial charge is 0.377 e. The van der Waals surface area contributed by atoms with E-state index in [9.17, 15) is 0 Å². The van der Waals surface area contributed by atoms with Crippen LogP contribution in [0.3, 0.4) is 0 Å². The van der Waals surface area contributed by atoms with Crippen molar-refractivity contribution in [3.63, 3.8) is 0 Å². The lowest BCUT2D eigenvalue weighted by atomic mass is 9.91. The van der Waals surface area contributed by atoms with Gasteiger partial charge in [-0.25, -0.2) is 0 Å². The zero-order chi connectivity index (χ0) is 25.1. The van der Waals surface area contributed by atoms with Gasteiger partial charge >= 0.3 is 17.6 Å². The number of hydrogen-bond acceptors (Lipinski definition) is 8. The Balaban J connectivity index is 0. The molecule has 0 aliphatic carbocycles. The summed E-state index contributed by atoms with van der Waals surface area (Å²) >= 11 is 0. The fourth-order valence-corrected chi connectivity index (χ4v) is 7.90. The minimum absolute atomic E-state index is 0.115. The van der Waals surface area contributed by atoms with Crippen LogP contribution in [0.1, 0.15) is 61.3 Å². The molecule has 196 valence electrons. The van der Waals surface area contributed by atoms with Crippen molar-refractivity contribution in [3.8, 4) is 0 Å². The largest absolute Gasteiger partial charge is 0.500 e. The first kappa shape index (κ1) is 34.3. The van der Waals surface area contributed by atoms with Gasteiger partial charge in [0.05, 0.1) is 0 Å². The van der Waals surface area contributed by atoms with Crippen LogP contribution in [0.15, 0.2) is 0 Å². The molecule has 0 radical (unpaired) electrons. The van der Waals surface area contributed by atoms with Crippen LogP contribution >= 0.6 is 0 Å². The van der Waals surface area contributed by atoms with Crippen LogP contribution in [0, 0.1) is 5.41 Å². The maximum atomic E-state index is 5.80. The molecule has 2 N–H and O–H groups in total. The van der Waals surface area contributed by atoms with Gasteiger partial charge in [-0.15, -0.1) is 0 Å². The van der Waals surface area contributed by atoms with E-state index >= 15 is 0 Å². The third-order valence-electron chi connectivity index (χ3n) is 5.54. The second kappa shape index (κ2) is 19.4. The monoisotopic (exact) mass is 498 g/mol. The number of nitrogens with zero attached hydrogens (tertiary/aromatic N) is 1. The molecule has 0 rings (SSSR count). The lowest BCUT2D eigenvalue weighted by molar-refractivity contribution is 0.0679. The van der Waals surface area contributed by atoms with Crippen molar-refractivity contribution < 1.29 is 26.6 Å². The maximum Gasteiger partial charge on any atom is 0.500 e. The van der Waals surface area contributed by atoms with Crippen molar-refractivity contribution in [1.29, 1.82) is 0 Å². The Morgan fingerprint density at radius 2 is 1.16 bits per heavy atom. The first-order valence-electron chi connectivity index (χ1n) is 12.1. The van der Waals surface area contributed by atoms with Crippen LogP contribution in [0.2, 0.25) is 12.1 Å². The van der Waals surface area contributed by atoms with Gasteiger partial charge in [-0.2, -0.15) is 0 Å². The summed E-state index contributed by atoms with van der Waals surface area (Å²) < 4.78 is 33.5. The average Bonchev–Trinajstić information content (AvgIpc) is 2.80. The van der Waals surface area contributed by atoms with E-state index < -0.39 is 17.6 Å². The SMILES string of the molecule is CCN(CC)CCC[Si](OC)(OC)OC.CCO[Si](CCC(C)(C)CN)(OCC)OCC. The van der Waals surface area contributed by atoms with Crippen molar-refractivity contribution in [2.75, 3.05) is 67.3 Å². The highest BCUT2D eigenvalue weighted by Gasteiger charge is 2.41. The molecule has 0 aromatic rings. The first-order chi connectivity index (χ1) is 15.1. The molecule has 0 unspecified atom stereocenters. The molecule has 8 nitrogen and oxygen atoms in total. The standard InChI is InChI=1S/C12H29NO3Si.C10H25NO3Si/c1-6-14-17(15-7-2,16-8-3)10-9-12(4,5)11-13;1-6-11(7-2)9-8-10-15(12-3,13-4)14-5/h6-11,13H2,1-5H3;6-10H2,1-5H3. The van der Waals surface area contributed by atoms with Crippen molar-refractivity contribution >= 4 is 17.6 Å². The quantitative estimate of drug-likeness (QED) is 0.267. The number of hydrogen-bond donors (Lipinski definition) is 1. The molecule has 10 heteroatoms. The second-order valence-corrected chi connectivity index (χ2v) is 14.1. The molecule has 0 bridgehead atoms. The zero-order valence-electron chi connectivity index (χ0n) is 22.8. The lowest BCUT2D eigenvalue weighted by Gasteiger charge is -2.31. The van der Waals surface area contributed by atoms with Crippen LogP contribution in [-0.2, 0) is 26.6 Å². The molecule has 0 saturated heterocycles. The molecular formula is C22H54N2O6Si2. The van der Waals surface area contributed by atoms with E-state index in [4.69, 9.17) is 32.3 Å². The highest BCUT2D eigenvalue weighted by molar-refractivity contribution is 6.61. The summed E-state index contributed by atoms with van der Waals surface area (Å²) in [6.45, 7) is 20.5. The summed E-state index contributed by atoms with van der Waals surface area (Å²) in [4.78, 5) is 2.39. The lowest BCUT2D eigenvalue weighted by Crippen LogP contribution is -2.47. The van der Waals surface area contributed by atoms with Crippen molar-refractivity contribution in [3.05, 3.63) is 0 Å². The van der Waals surface area contributed by atoms with Gasteiger partial charge in [0.15, 0.2) is 0 Å². The minimum Gasteiger partial charge on any atom is -0.377 e. The zero-order valence-corrected chi connectivity index (χ0v) is 24.8.